The van der Waals surface area contributed by atoms with Crippen molar-refractivity contribution < 1.29 is 0 Å². The van der Waals surface area contributed by atoms with E-state index >= 15 is 0 Å². The van der Waals surface area contributed by atoms with Gasteiger partial charge in [-0.25, -0.2) is 0 Å². The van der Waals surface area contributed by atoms with E-state index in [1.54, 1.807) is 6.07 Å². The summed E-state index contributed by atoms with van der Waals surface area (Å²) in [5.74, 6) is 0. The molecule has 1 radical (unpaired) electrons. The van der Waals surface area contributed by atoms with Gasteiger partial charge in [0.2, 0.25) is 0 Å². The summed E-state index contributed by atoms with van der Waals surface area (Å²) in [5.41, 5.74) is 2.04. The van der Waals surface area contributed by atoms with Gasteiger partial charge in [-0.05, 0) is 48.8 Å². The maximum atomic E-state index is 5.95. The van der Waals surface area contributed by atoms with Gasteiger partial charge in [0.1, 0.15) is 0 Å². The van der Waals surface area contributed by atoms with Crippen molar-refractivity contribution >= 4 is 40.5 Å². The highest BCUT2D eigenvalue weighted by Crippen LogP contribution is 2.22. The standard InChI is InChI=1S/C14H13Cl2N2S/c15-12-7-6-10(8-13(12)16)9-17-14(19)18-11-4-2-1-3-5-11/h1-2,4-8H,3,9H2,(H2,17,18,19). The number of rotatable bonds is 3. The molecule has 0 amide bonds. The third-order valence-corrected chi connectivity index (χ3v) is 3.57. The largest absolute Gasteiger partial charge is 0.358 e. The second kappa shape index (κ2) is 6.94. The Morgan fingerprint density at radius 2 is 2.11 bits per heavy atom. The Labute approximate surface area is 128 Å². The Morgan fingerprint density at radius 3 is 2.79 bits per heavy atom. The summed E-state index contributed by atoms with van der Waals surface area (Å²) < 4.78 is 0. The van der Waals surface area contributed by atoms with E-state index in [0.717, 1.165) is 17.7 Å². The fraction of sp³-hybridized carbons (Fsp3) is 0.143. The third-order valence-electron chi connectivity index (χ3n) is 2.58. The molecule has 5 heteroatoms. The predicted octanol–water partition coefficient (Wildman–Crippen LogP) is 4.01. The summed E-state index contributed by atoms with van der Waals surface area (Å²) in [7, 11) is 0. The molecular weight excluding hydrogens is 299 g/mol. The first-order chi connectivity index (χ1) is 9.15. The van der Waals surface area contributed by atoms with E-state index in [2.05, 4.69) is 23.1 Å². The lowest BCUT2D eigenvalue weighted by atomic mass is 10.1. The van der Waals surface area contributed by atoms with Crippen LogP contribution in [0.25, 0.3) is 0 Å². The first kappa shape index (κ1) is 14.4. The lowest BCUT2D eigenvalue weighted by Gasteiger charge is -2.13. The highest BCUT2D eigenvalue weighted by Gasteiger charge is 2.02. The molecule has 0 aliphatic heterocycles. The van der Waals surface area contributed by atoms with Crippen LogP contribution in [0.3, 0.4) is 0 Å². The summed E-state index contributed by atoms with van der Waals surface area (Å²) in [6.07, 6.45) is 9.07. The molecule has 2 rings (SSSR count). The topological polar surface area (TPSA) is 24.1 Å². The van der Waals surface area contributed by atoms with Gasteiger partial charge < -0.3 is 10.6 Å². The first-order valence-corrected chi connectivity index (χ1v) is 7.00. The molecule has 0 fully saturated rings. The van der Waals surface area contributed by atoms with Gasteiger partial charge in [0.25, 0.3) is 0 Å². The van der Waals surface area contributed by atoms with Crippen LogP contribution in [-0.4, -0.2) is 5.11 Å². The van der Waals surface area contributed by atoms with Crippen LogP contribution in [-0.2, 0) is 6.54 Å². The van der Waals surface area contributed by atoms with Crippen molar-refractivity contribution in [3.63, 3.8) is 0 Å². The Bertz CT molecular complexity index is 538. The zero-order valence-electron chi connectivity index (χ0n) is 10.1. The Balaban J connectivity index is 1.84. The molecule has 1 aliphatic rings. The van der Waals surface area contributed by atoms with Crippen molar-refractivity contribution in [3.05, 3.63) is 64.2 Å². The lowest BCUT2D eigenvalue weighted by Crippen LogP contribution is -2.34. The highest BCUT2D eigenvalue weighted by molar-refractivity contribution is 7.80. The SMILES string of the molecule is S=C(NCc1ccc(Cl)c(Cl)c1)NC1=CC[CH]C=C1. The van der Waals surface area contributed by atoms with E-state index in [1.165, 1.54) is 0 Å². The minimum absolute atomic E-state index is 0.549. The van der Waals surface area contributed by atoms with Crippen molar-refractivity contribution in [2.45, 2.75) is 13.0 Å². The minimum Gasteiger partial charge on any atom is -0.358 e. The molecule has 1 aliphatic carbocycles. The maximum Gasteiger partial charge on any atom is 0.171 e. The van der Waals surface area contributed by atoms with Crippen molar-refractivity contribution in [1.29, 1.82) is 0 Å². The van der Waals surface area contributed by atoms with E-state index in [4.69, 9.17) is 35.4 Å². The van der Waals surface area contributed by atoms with Crippen LogP contribution >= 0.6 is 35.4 Å². The first-order valence-electron chi connectivity index (χ1n) is 5.84. The zero-order valence-corrected chi connectivity index (χ0v) is 12.4. The van der Waals surface area contributed by atoms with Gasteiger partial charge in [0.05, 0.1) is 10.0 Å². The molecule has 0 saturated carbocycles. The molecule has 0 bridgehead atoms. The molecule has 0 saturated heterocycles. The van der Waals surface area contributed by atoms with Gasteiger partial charge in [0.15, 0.2) is 5.11 Å². The molecule has 1 aromatic carbocycles. The van der Waals surface area contributed by atoms with Gasteiger partial charge in [-0.3, -0.25) is 0 Å². The number of nitrogens with one attached hydrogen (secondary N) is 2. The number of allylic oxidation sites excluding steroid dienone is 3. The Hall–Kier alpha value is -1.03. The number of halogens is 2. The second-order valence-electron chi connectivity index (χ2n) is 4.05. The van der Waals surface area contributed by atoms with Crippen molar-refractivity contribution in [2.24, 2.45) is 0 Å². The van der Waals surface area contributed by atoms with Crippen LogP contribution in [0.15, 0.2) is 42.1 Å². The van der Waals surface area contributed by atoms with Crippen LogP contribution in [0.2, 0.25) is 10.0 Å². The summed E-state index contributed by atoms with van der Waals surface area (Å²) in [6.45, 7) is 0.603. The monoisotopic (exact) mass is 311 g/mol. The molecule has 0 atom stereocenters. The van der Waals surface area contributed by atoms with Crippen LogP contribution < -0.4 is 10.6 Å². The average molecular weight is 312 g/mol. The van der Waals surface area contributed by atoms with Crippen LogP contribution in [0.5, 0.6) is 0 Å². The fourth-order valence-corrected chi connectivity index (χ4v) is 2.12. The van der Waals surface area contributed by atoms with Crippen LogP contribution in [0, 0.1) is 6.42 Å². The normalized spacial score (nSPS) is 13.9. The Kier molecular flexibility index (Phi) is 5.25. The van der Waals surface area contributed by atoms with Crippen molar-refractivity contribution in [3.8, 4) is 0 Å². The van der Waals surface area contributed by atoms with E-state index in [-0.39, 0.29) is 0 Å². The van der Waals surface area contributed by atoms with Gasteiger partial charge in [-0.2, -0.15) is 0 Å². The maximum absolute atomic E-state index is 5.95. The number of benzene rings is 1. The number of thiocarbonyl (C=S) groups is 1. The van der Waals surface area contributed by atoms with Gasteiger partial charge in [-0.1, -0.05) is 41.4 Å². The fourth-order valence-electron chi connectivity index (χ4n) is 1.61. The van der Waals surface area contributed by atoms with Gasteiger partial charge in [-0.15, -0.1) is 0 Å². The smallest absolute Gasteiger partial charge is 0.171 e. The molecular formula is C14H13Cl2N2S. The average Bonchev–Trinajstić information content (AvgIpc) is 2.41. The van der Waals surface area contributed by atoms with E-state index < -0.39 is 0 Å². The molecule has 99 valence electrons. The van der Waals surface area contributed by atoms with Crippen molar-refractivity contribution in [2.75, 3.05) is 0 Å². The molecule has 2 N–H and O–H groups in total. The minimum atomic E-state index is 0.549. The summed E-state index contributed by atoms with van der Waals surface area (Å²) in [5, 5.41) is 7.95. The van der Waals surface area contributed by atoms with Crippen molar-refractivity contribution in [1.82, 2.24) is 10.6 Å². The van der Waals surface area contributed by atoms with Crippen LogP contribution in [0.4, 0.5) is 0 Å². The molecule has 1 aromatic rings. The molecule has 19 heavy (non-hydrogen) atoms. The lowest BCUT2D eigenvalue weighted by molar-refractivity contribution is 0.891. The molecule has 0 heterocycles. The van der Waals surface area contributed by atoms with E-state index in [0.29, 0.717) is 21.7 Å². The summed E-state index contributed by atoms with van der Waals surface area (Å²) in [6, 6.07) is 5.52. The number of hydrogen-bond donors (Lipinski definition) is 2. The van der Waals surface area contributed by atoms with Gasteiger partial charge in [0, 0.05) is 12.2 Å². The predicted molar refractivity (Wildman–Crippen MR) is 85.2 cm³/mol. The molecule has 2 nitrogen and oxygen atoms in total. The molecule has 0 aromatic heterocycles. The highest BCUT2D eigenvalue weighted by atomic mass is 35.5. The number of hydrogen-bond acceptors (Lipinski definition) is 1. The zero-order chi connectivity index (χ0) is 13.7. The van der Waals surface area contributed by atoms with Crippen LogP contribution in [0.1, 0.15) is 12.0 Å². The molecule has 0 unspecified atom stereocenters. The van der Waals surface area contributed by atoms with E-state index in [1.807, 2.05) is 24.3 Å². The summed E-state index contributed by atoms with van der Waals surface area (Å²) >= 11 is 17.0. The second-order valence-corrected chi connectivity index (χ2v) is 5.27. The quantitative estimate of drug-likeness (QED) is 0.825. The third kappa shape index (κ3) is 4.53. The van der Waals surface area contributed by atoms with Gasteiger partial charge >= 0.3 is 0 Å². The van der Waals surface area contributed by atoms with E-state index in [9.17, 15) is 0 Å². The Morgan fingerprint density at radius 1 is 1.26 bits per heavy atom. The molecule has 0 spiro atoms. The summed E-state index contributed by atoms with van der Waals surface area (Å²) in [4.78, 5) is 0.